The zero-order valence-corrected chi connectivity index (χ0v) is 14.8. The van der Waals surface area contributed by atoms with Gasteiger partial charge in [0.25, 0.3) is 0 Å². The van der Waals surface area contributed by atoms with Crippen LogP contribution in [0.1, 0.15) is 84.0 Å². The van der Waals surface area contributed by atoms with Gasteiger partial charge in [-0.15, -0.1) is 0 Å². The minimum Gasteiger partial charge on any atom is -0.365 e. The molecule has 2 nitrogen and oxygen atoms in total. The van der Waals surface area contributed by atoms with Gasteiger partial charge in [-0.2, -0.15) is 0 Å². The van der Waals surface area contributed by atoms with E-state index in [1.807, 2.05) is 11.8 Å². The Morgan fingerprint density at radius 2 is 1.67 bits per heavy atom. The van der Waals surface area contributed by atoms with Crippen molar-refractivity contribution in [1.82, 2.24) is 5.32 Å². The lowest BCUT2D eigenvalue weighted by Crippen LogP contribution is -2.33. The summed E-state index contributed by atoms with van der Waals surface area (Å²) in [6, 6.07) is 0. The van der Waals surface area contributed by atoms with Gasteiger partial charge in [0.15, 0.2) is 5.17 Å². The van der Waals surface area contributed by atoms with Crippen molar-refractivity contribution >= 4 is 16.9 Å². The first-order valence-corrected chi connectivity index (χ1v) is 10.2. The highest BCUT2D eigenvalue weighted by molar-refractivity contribution is 8.13. The zero-order chi connectivity index (χ0) is 14.8. The Kier molecular flexibility index (Phi) is 7.98. The largest absolute Gasteiger partial charge is 0.365 e. The Balaban J connectivity index is 1.45. The fourth-order valence-electron chi connectivity index (χ4n) is 3.54. The van der Waals surface area contributed by atoms with E-state index in [9.17, 15) is 0 Å². The molecule has 1 spiro atoms. The summed E-state index contributed by atoms with van der Waals surface area (Å²) in [5, 5.41) is 4.77. The molecule has 2 rings (SSSR count). The second-order valence-corrected chi connectivity index (χ2v) is 7.98. The van der Waals surface area contributed by atoms with E-state index in [-0.39, 0.29) is 0 Å². The van der Waals surface area contributed by atoms with Crippen molar-refractivity contribution in [3.8, 4) is 0 Å². The molecule has 0 unspecified atom stereocenters. The van der Waals surface area contributed by atoms with Gasteiger partial charge in [0.2, 0.25) is 0 Å². The summed E-state index contributed by atoms with van der Waals surface area (Å²) < 4.78 is 0. The molecule has 0 aromatic rings. The van der Waals surface area contributed by atoms with Crippen LogP contribution in [-0.2, 0) is 0 Å². The average Bonchev–Trinajstić information content (AvgIpc) is 2.96. The maximum atomic E-state index is 4.80. The summed E-state index contributed by atoms with van der Waals surface area (Å²) in [4.78, 5) is 4.80. The summed E-state index contributed by atoms with van der Waals surface area (Å²) in [5.74, 6) is 1.30. The predicted octanol–water partition coefficient (Wildman–Crippen LogP) is 5.38. The molecule has 0 radical (unpaired) electrons. The van der Waals surface area contributed by atoms with E-state index in [1.165, 1.54) is 88.0 Å². The molecule has 0 amide bonds. The van der Waals surface area contributed by atoms with E-state index in [2.05, 4.69) is 12.2 Å². The SMILES string of the molecule is CCCCCCCCCCNC1=NCC2(CCCC2)CS1. The molecule has 1 fully saturated rings. The number of unbranched alkanes of at least 4 members (excludes halogenated alkanes) is 7. The van der Waals surface area contributed by atoms with Gasteiger partial charge < -0.3 is 5.32 Å². The van der Waals surface area contributed by atoms with E-state index in [0.717, 1.165) is 13.1 Å². The molecule has 0 bridgehead atoms. The fourth-order valence-corrected chi connectivity index (χ4v) is 4.72. The van der Waals surface area contributed by atoms with Crippen LogP contribution >= 0.6 is 11.8 Å². The topological polar surface area (TPSA) is 24.4 Å². The summed E-state index contributed by atoms with van der Waals surface area (Å²) in [7, 11) is 0. The van der Waals surface area contributed by atoms with Crippen LogP contribution in [-0.4, -0.2) is 24.0 Å². The third-order valence-electron chi connectivity index (χ3n) is 5.04. The molecule has 21 heavy (non-hydrogen) atoms. The minimum absolute atomic E-state index is 0.578. The van der Waals surface area contributed by atoms with Crippen LogP contribution in [0.4, 0.5) is 0 Å². The number of thioether (sulfide) groups is 1. The summed E-state index contributed by atoms with van der Waals surface area (Å²) in [6.07, 6.45) is 16.8. The molecule has 2 aliphatic rings. The Morgan fingerprint density at radius 1 is 1.00 bits per heavy atom. The number of amidine groups is 1. The quantitative estimate of drug-likeness (QED) is 0.578. The van der Waals surface area contributed by atoms with E-state index in [1.54, 1.807) is 0 Å². The Morgan fingerprint density at radius 3 is 2.29 bits per heavy atom. The number of nitrogens with one attached hydrogen (secondary N) is 1. The average molecular weight is 311 g/mol. The van der Waals surface area contributed by atoms with Crippen LogP contribution in [0.5, 0.6) is 0 Å². The monoisotopic (exact) mass is 310 g/mol. The second-order valence-electron chi connectivity index (χ2n) is 7.02. The molecule has 1 N–H and O–H groups in total. The number of hydrogen-bond acceptors (Lipinski definition) is 3. The van der Waals surface area contributed by atoms with E-state index in [4.69, 9.17) is 4.99 Å². The van der Waals surface area contributed by atoms with Gasteiger partial charge in [0.05, 0.1) is 0 Å². The number of nitrogens with zero attached hydrogens (tertiary/aromatic N) is 1. The van der Waals surface area contributed by atoms with Crippen molar-refractivity contribution in [3.63, 3.8) is 0 Å². The van der Waals surface area contributed by atoms with Crippen molar-refractivity contribution in [1.29, 1.82) is 0 Å². The molecule has 0 aromatic heterocycles. The van der Waals surface area contributed by atoms with Gasteiger partial charge in [0, 0.05) is 18.8 Å². The maximum Gasteiger partial charge on any atom is 0.156 e. The number of hydrogen-bond donors (Lipinski definition) is 1. The van der Waals surface area contributed by atoms with Crippen LogP contribution in [0, 0.1) is 5.41 Å². The normalized spacial score (nSPS) is 20.7. The lowest BCUT2D eigenvalue weighted by molar-refractivity contribution is 0.358. The molecule has 0 saturated heterocycles. The predicted molar refractivity (Wildman–Crippen MR) is 96.3 cm³/mol. The van der Waals surface area contributed by atoms with E-state index < -0.39 is 0 Å². The maximum absolute atomic E-state index is 4.80. The minimum atomic E-state index is 0.578. The second kappa shape index (κ2) is 9.76. The van der Waals surface area contributed by atoms with Crippen molar-refractivity contribution in [2.24, 2.45) is 10.4 Å². The highest BCUT2D eigenvalue weighted by Crippen LogP contribution is 2.43. The number of rotatable bonds is 9. The van der Waals surface area contributed by atoms with Gasteiger partial charge in [-0.3, -0.25) is 4.99 Å². The molecule has 3 heteroatoms. The molecule has 0 aromatic carbocycles. The first kappa shape index (κ1) is 17.2. The molecular weight excluding hydrogens is 276 g/mol. The Bertz CT molecular complexity index is 308. The Hall–Kier alpha value is -0.180. The standard InChI is InChI=1S/C18H34N2S/c1-2-3-4-5-6-7-8-11-14-19-17-20-15-18(16-21-17)12-9-10-13-18/h2-16H2,1H3,(H,19,20). The third kappa shape index (κ3) is 6.22. The summed E-state index contributed by atoms with van der Waals surface area (Å²) >= 11 is 1.98. The zero-order valence-electron chi connectivity index (χ0n) is 14.0. The smallest absolute Gasteiger partial charge is 0.156 e. The molecule has 0 atom stereocenters. The van der Waals surface area contributed by atoms with Gasteiger partial charge in [-0.25, -0.2) is 0 Å². The lowest BCUT2D eigenvalue weighted by Gasteiger charge is -2.31. The highest BCUT2D eigenvalue weighted by Gasteiger charge is 2.36. The molecule has 1 saturated carbocycles. The third-order valence-corrected chi connectivity index (χ3v) is 6.35. The van der Waals surface area contributed by atoms with Gasteiger partial charge in [-0.1, -0.05) is 76.5 Å². The van der Waals surface area contributed by atoms with Crippen LogP contribution in [0.25, 0.3) is 0 Å². The molecule has 1 aliphatic heterocycles. The van der Waals surface area contributed by atoms with Crippen molar-refractivity contribution in [2.45, 2.75) is 84.0 Å². The molecule has 122 valence electrons. The fraction of sp³-hybridized carbons (Fsp3) is 0.944. The summed E-state index contributed by atoms with van der Waals surface area (Å²) in [5.41, 5.74) is 0.578. The van der Waals surface area contributed by atoms with Crippen molar-refractivity contribution in [3.05, 3.63) is 0 Å². The first-order valence-electron chi connectivity index (χ1n) is 9.26. The lowest BCUT2D eigenvalue weighted by atomic mass is 9.89. The van der Waals surface area contributed by atoms with Crippen LogP contribution in [0.3, 0.4) is 0 Å². The van der Waals surface area contributed by atoms with E-state index in [0.29, 0.717) is 5.41 Å². The van der Waals surface area contributed by atoms with Crippen molar-refractivity contribution < 1.29 is 0 Å². The number of aliphatic imine (C=N–C) groups is 1. The van der Waals surface area contributed by atoms with Gasteiger partial charge >= 0.3 is 0 Å². The van der Waals surface area contributed by atoms with Crippen LogP contribution in [0.2, 0.25) is 0 Å². The Labute approximate surface area is 135 Å². The van der Waals surface area contributed by atoms with Gasteiger partial charge in [0.1, 0.15) is 0 Å². The van der Waals surface area contributed by atoms with Crippen molar-refractivity contribution in [2.75, 3.05) is 18.8 Å². The summed E-state index contributed by atoms with van der Waals surface area (Å²) in [6.45, 7) is 4.49. The van der Waals surface area contributed by atoms with E-state index >= 15 is 0 Å². The molecular formula is C18H34N2S. The van der Waals surface area contributed by atoms with Gasteiger partial charge in [-0.05, 0) is 24.7 Å². The molecule has 1 heterocycles. The first-order chi connectivity index (χ1) is 10.3. The highest BCUT2D eigenvalue weighted by atomic mass is 32.2. The van der Waals surface area contributed by atoms with Crippen LogP contribution < -0.4 is 5.32 Å². The van der Waals surface area contributed by atoms with Crippen LogP contribution in [0.15, 0.2) is 4.99 Å². The molecule has 1 aliphatic carbocycles.